The van der Waals surface area contributed by atoms with Crippen molar-refractivity contribution in [2.24, 2.45) is 39.9 Å². The summed E-state index contributed by atoms with van der Waals surface area (Å²) in [5.74, 6) is 4.30. The highest BCUT2D eigenvalue weighted by molar-refractivity contribution is 6.28. The van der Waals surface area contributed by atoms with Gasteiger partial charge < -0.3 is 0 Å². The van der Waals surface area contributed by atoms with E-state index in [1.165, 1.54) is 0 Å². The standard InChI is InChI=1S/C16H8N8.4C5H5N/c1-2-10-17-9(1)21-11-3-4-13(18-11)23-15-7-8-16(20-15)24-14-6-5-12(19-14)22-10;4*1-2-4-6-5-3-1/h1-8H;4*1-5H. The number of rotatable bonds is 0. The third-order valence-electron chi connectivity index (χ3n) is 5.62. The van der Waals surface area contributed by atoms with Crippen molar-refractivity contribution in [3.8, 4) is 0 Å². The lowest BCUT2D eigenvalue weighted by Crippen LogP contribution is -1.98. The fourth-order valence-electron chi connectivity index (χ4n) is 3.58. The molecule has 0 unspecified atom stereocenters. The van der Waals surface area contributed by atoms with E-state index < -0.39 is 0 Å². The molecule has 8 bridgehead atoms. The molecule has 0 spiro atoms. The molecule has 9 rings (SSSR count). The van der Waals surface area contributed by atoms with Crippen LogP contribution in [0.5, 0.6) is 0 Å². The summed E-state index contributed by atoms with van der Waals surface area (Å²) in [6, 6.07) is 22.9. The van der Waals surface area contributed by atoms with Crippen molar-refractivity contribution in [3.63, 3.8) is 0 Å². The molecular formula is C36H28N12. The van der Waals surface area contributed by atoms with Crippen LogP contribution in [-0.2, 0) is 0 Å². The monoisotopic (exact) mass is 628 g/mol. The zero-order valence-electron chi connectivity index (χ0n) is 25.5. The summed E-state index contributed by atoms with van der Waals surface area (Å²) < 4.78 is 0. The van der Waals surface area contributed by atoms with Crippen LogP contribution in [0.25, 0.3) is 0 Å². The molecule has 4 aromatic heterocycles. The van der Waals surface area contributed by atoms with Crippen molar-refractivity contribution in [2.45, 2.75) is 0 Å². The van der Waals surface area contributed by atoms with Gasteiger partial charge in [0.05, 0.1) is 0 Å². The van der Waals surface area contributed by atoms with E-state index in [4.69, 9.17) is 0 Å². The van der Waals surface area contributed by atoms with Crippen molar-refractivity contribution >= 4 is 46.7 Å². The van der Waals surface area contributed by atoms with E-state index in [0.29, 0.717) is 46.7 Å². The molecule has 0 saturated carbocycles. The normalized spacial score (nSPS) is 15.3. The Bertz CT molecular complexity index is 1570. The fraction of sp³-hybridized carbons (Fsp3) is 0. The van der Waals surface area contributed by atoms with Crippen LogP contribution in [0.1, 0.15) is 0 Å². The zero-order valence-corrected chi connectivity index (χ0v) is 25.5. The number of hydrogen-bond acceptors (Lipinski definition) is 12. The molecule has 0 saturated heterocycles. The Labute approximate surface area is 277 Å². The minimum absolute atomic E-state index is 0.538. The fourth-order valence-corrected chi connectivity index (χ4v) is 3.58. The van der Waals surface area contributed by atoms with Crippen molar-refractivity contribution in [1.82, 2.24) is 19.9 Å². The molecule has 9 heterocycles. The third-order valence-corrected chi connectivity index (χ3v) is 5.62. The molecule has 4 aromatic rings. The molecule has 0 N–H and O–H groups in total. The lowest BCUT2D eigenvalue weighted by molar-refractivity contribution is 1.33. The molecule has 0 amide bonds. The zero-order chi connectivity index (χ0) is 32.9. The molecule has 48 heavy (non-hydrogen) atoms. The lowest BCUT2D eigenvalue weighted by atomic mass is 10.4. The van der Waals surface area contributed by atoms with Gasteiger partial charge in [0.15, 0.2) is 46.7 Å². The van der Waals surface area contributed by atoms with E-state index in [1.807, 2.05) is 72.8 Å². The molecule has 0 atom stereocenters. The topological polar surface area (TPSA) is 150 Å². The van der Waals surface area contributed by atoms with E-state index in [0.717, 1.165) is 0 Å². The highest BCUT2D eigenvalue weighted by Gasteiger charge is 2.14. The summed E-state index contributed by atoms with van der Waals surface area (Å²) in [5, 5.41) is 0. The Morgan fingerprint density at radius 3 is 0.417 bits per heavy atom. The second kappa shape index (κ2) is 18.7. The Balaban J connectivity index is 0.000000151. The number of hydrogen-bond donors (Lipinski definition) is 0. The second-order valence-corrected chi connectivity index (χ2v) is 9.19. The van der Waals surface area contributed by atoms with Gasteiger partial charge in [-0.15, -0.1) is 0 Å². The van der Waals surface area contributed by atoms with Crippen LogP contribution in [0.2, 0.25) is 0 Å². The van der Waals surface area contributed by atoms with Gasteiger partial charge in [0.25, 0.3) is 0 Å². The summed E-state index contributed by atoms with van der Waals surface area (Å²) in [6.07, 6.45) is 28.2. The van der Waals surface area contributed by atoms with Crippen LogP contribution in [0.15, 0.2) is 211 Å². The Hall–Kier alpha value is -7.08. The number of aliphatic imine (C=N–C) groups is 8. The molecule has 0 aliphatic carbocycles. The third kappa shape index (κ3) is 11.8. The van der Waals surface area contributed by atoms with Crippen LogP contribution in [0, 0.1) is 0 Å². The van der Waals surface area contributed by atoms with E-state index in [2.05, 4.69) is 59.9 Å². The van der Waals surface area contributed by atoms with Crippen molar-refractivity contribution in [3.05, 3.63) is 171 Å². The van der Waals surface area contributed by atoms with Gasteiger partial charge in [0.1, 0.15) is 0 Å². The molecule has 12 heteroatoms. The maximum absolute atomic E-state index is 4.37. The first-order valence-electron chi connectivity index (χ1n) is 14.6. The van der Waals surface area contributed by atoms with Gasteiger partial charge in [-0.25, -0.2) is 39.9 Å². The minimum atomic E-state index is 0.538. The van der Waals surface area contributed by atoms with Crippen LogP contribution in [0.3, 0.4) is 0 Å². The summed E-state index contributed by atoms with van der Waals surface area (Å²) in [5.41, 5.74) is 0. The van der Waals surface area contributed by atoms with Crippen LogP contribution < -0.4 is 0 Å². The smallest absolute Gasteiger partial charge is 0.156 e. The minimum Gasteiger partial charge on any atom is -0.265 e. The average molecular weight is 629 g/mol. The first-order valence-corrected chi connectivity index (χ1v) is 14.6. The van der Waals surface area contributed by atoms with Gasteiger partial charge in [-0.1, -0.05) is 24.3 Å². The number of aromatic nitrogens is 4. The number of fused-ring (bicyclic) bond motifs is 4. The van der Waals surface area contributed by atoms with E-state index in [1.54, 1.807) is 98.2 Å². The van der Waals surface area contributed by atoms with E-state index in [9.17, 15) is 0 Å². The van der Waals surface area contributed by atoms with E-state index >= 15 is 0 Å². The SMILES string of the molecule is C1=CC2=NC3=NC(=NC4=NC(=NC5=NC(=NC1=N2)C=C5)C=C4)C=C3.c1ccncc1.c1ccncc1.c1ccncc1.c1ccncc1. The molecule has 0 aromatic carbocycles. The number of amidine groups is 8. The molecule has 0 radical (unpaired) electrons. The molecule has 0 fully saturated rings. The average Bonchev–Trinajstić information content (AvgIpc) is 4.00. The van der Waals surface area contributed by atoms with E-state index in [-0.39, 0.29) is 0 Å². The summed E-state index contributed by atoms with van der Waals surface area (Å²) in [6.45, 7) is 0. The van der Waals surface area contributed by atoms with Crippen molar-refractivity contribution in [1.29, 1.82) is 0 Å². The molecule has 5 aliphatic heterocycles. The summed E-state index contributed by atoms with van der Waals surface area (Å²) in [7, 11) is 0. The number of nitrogens with zero attached hydrogens (tertiary/aromatic N) is 12. The lowest BCUT2D eigenvalue weighted by Gasteiger charge is -1.92. The quantitative estimate of drug-likeness (QED) is 0.242. The Morgan fingerprint density at radius 1 is 0.188 bits per heavy atom. The summed E-state index contributed by atoms with van der Waals surface area (Å²) >= 11 is 0. The Kier molecular flexibility index (Phi) is 12.6. The second-order valence-electron chi connectivity index (χ2n) is 9.19. The predicted molar refractivity (Wildman–Crippen MR) is 193 cm³/mol. The predicted octanol–water partition coefficient (Wildman–Crippen LogP) is 5.79. The van der Waals surface area contributed by atoms with Crippen molar-refractivity contribution < 1.29 is 0 Å². The number of pyridine rings is 4. The Morgan fingerprint density at radius 2 is 0.333 bits per heavy atom. The summed E-state index contributed by atoms with van der Waals surface area (Å²) in [4.78, 5) is 49.9. The highest BCUT2D eigenvalue weighted by Crippen LogP contribution is 2.10. The van der Waals surface area contributed by atoms with Gasteiger partial charge in [0.2, 0.25) is 0 Å². The molecule has 5 aliphatic rings. The largest absolute Gasteiger partial charge is 0.265 e. The molecule has 12 nitrogen and oxygen atoms in total. The highest BCUT2D eigenvalue weighted by atomic mass is 15.1. The molecule has 232 valence electrons. The van der Waals surface area contributed by atoms with Crippen molar-refractivity contribution in [2.75, 3.05) is 0 Å². The van der Waals surface area contributed by atoms with Gasteiger partial charge in [0, 0.05) is 49.6 Å². The van der Waals surface area contributed by atoms with Crippen LogP contribution in [-0.4, -0.2) is 66.6 Å². The maximum atomic E-state index is 4.37. The van der Waals surface area contributed by atoms with Gasteiger partial charge in [-0.05, 0) is 97.1 Å². The first-order chi connectivity index (χ1) is 23.8. The molecular weight excluding hydrogens is 600 g/mol. The first kappa shape index (κ1) is 32.3. The van der Waals surface area contributed by atoms with Gasteiger partial charge in [-0.2, -0.15) is 0 Å². The van der Waals surface area contributed by atoms with Crippen LogP contribution in [0.4, 0.5) is 0 Å². The maximum Gasteiger partial charge on any atom is 0.156 e. The van der Waals surface area contributed by atoms with Crippen LogP contribution >= 0.6 is 0 Å². The van der Waals surface area contributed by atoms with Gasteiger partial charge >= 0.3 is 0 Å². The van der Waals surface area contributed by atoms with Gasteiger partial charge in [-0.3, -0.25) is 19.9 Å².